The van der Waals surface area contributed by atoms with Gasteiger partial charge in [0, 0.05) is 26.1 Å². The maximum Gasteiger partial charge on any atom is 0.199 e. The summed E-state index contributed by atoms with van der Waals surface area (Å²) in [7, 11) is 0. The van der Waals surface area contributed by atoms with E-state index in [1.807, 2.05) is 0 Å². The zero-order valence-electron chi connectivity index (χ0n) is 6.82. The number of carbonyl (C=O) groups is 1. The second kappa shape index (κ2) is 3.11. The first-order chi connectivity index (χ1) is 5.86. The molecule has 0 bridgehead atoms. The van der Waals surface area contributed by atoms with Gasteiger partial charge >= 0.3 is 0 Å². The highest BCUT2D eigenvalue weighted by molar-refractivity contribution is 5.93. The van der Waals surface area contributed by atoms with Crippen molar-refractivity contribution in [1.29, 1.82) is 0 Å². The summed E-state index contributed by atoms with van der Waals surface area (Å²) in [5.41, 5.74) is 0. The minimum Gasteiger partial charge on any atom is -0.461 e. The van der Waals surface area contributed by atoms with Crippen molar-refractivity contribution in [2.45, 2.75) is 6.42 Å². The second-order valence-electron chi connectivity index (χ2n) is 2.99. The number of hydrogen-bond donors (Lipinski definition) is 0. The molecule has 1 aliphatic heterocycles. The molecule has 1 fully saturated rings. The molecular formula is C9H11NO2. The normalized spacial score (nSPS) is 16.3. The van der Waals surface area contributed by atoms with Crippen LogP contribution in [0.25, 0.3) is 0 Å². The third-order valence-electron chi connectivity index (χ3n) is 1.99. The Hall–Kier alpha value is -1.09. The molecule has 0 amide bonds. The highest BCUT2D eigenvalue weighted by atomic mass is 16.3. The number of rotatable bonds is 4. The molecule has 2 rings (SSSR count). The van der Waals surface area contributed by atoms with Gasteiger partial charge in [-0.1, -0.05) is 0 Å². The van der Waals surface area contributed by atoms with Crippen molar-refractivity contribution in [2.24, 2.45) is 0 Å². The molecule has 0 aliphatic carbocycles. The van der Waals surface area contributed by atoms with Crippen molar-refractivity contribution in [1.82, 2.24) is 4.90 Å². The van der Waals surface area contributed by atoms with Crippen LogP contribution in [0.2, 0.25) is 0 Å². The molecule has 64 valence electrons. The molecule has 2 heterocycles. The van der Waals surface area contributed by atoms with Gasteiger partial charge in [0.05, 0.1) is 6.26 Å². The van der Waals surface area contributed by atoms with Gasteiger partial charge in [0.25, 0.3) is 0 Å². The maximum atomic E-state index is 11.3. The summed E-state index contributed by atoms with van der Waals surface area (Å²) in [4.78, 5) is 13.5. The van der Waals surface area contributed by atoms with Gasteiger partial charge in [-0.25, -0.2) is 0 Å². The molecule has 1 aliphatic rings. The van der Waals surface area contributed by atoms with E-state index in [0.29, 0.717) is 12.2 Å². The van der Waals surface area contributed by atoms with E-state index in [1.165, 1.54) is 6.26 Å². The summed E-state index contributed by atoms with van der Waals surface area (Å²) in [6.45, 7) is 3.16. The van der Waals surface area contributed by atoms with Crippen LogP contribution in [0.3, 0.4) is 0 Å². The number of furan rings is 1. The Kier molecular flexibility index (Phi) is 1.96. The summed E-state index contributed by atoms with van der Waals surface area (Å²) < 4.78 is 4.98. The van der Waals surface area contributed by atoms with Crippen LogP contribution in [0.15, 0.2) is 22.8 Å². The summed E-state index contributed by atoms with van der Waals surface area (Å²) in [5, 5.41) is 0. The molecule has 0 atom stereocenters. The van der Waals surface area contributed by atoms with Crippen LogP contribution < -0.4 is 0 Å². The predicted octanol–water partition coefficient (Wildman–Crippen LogP) is 1.17. The third kappa shape index (κ3) is 1.74. The lowest BCUT2D eigenvalue weighted by atomic mass is 10.2. The fourth-order valence-electron chi connectivity index (χ4n) is 1.11. The molecule has 0 spiro atoms. The quantitative estimate of drug-likeness (QED) is 0.496. The van der Waals surface area contributed by atoms with Gasteiger partial charge in [0.15, 0.2) is 11.5 Å². The van der Waals surface area contributed by atoms with Crippen molar-refractivity contribution in [3.63, 3.8) is 0 Å². The second-order valence-corrected chi connectivity index (χ2v) is 2.99. The first-order valence-electron chi connectivity index (χ1n) is 4.15. The molecule has 1 aromatic rings. The number of Topliss-reactive ketones (excluding diaryl/α,β-unsaturated/α-hetero) is 1. The minimum absolute atomic E-state index is 0.104. The fraction of sp³-hybridized carbons (Fsp3) is 0.444. The van der Waals surface area contributed by atoms with Crippen molar-refractivity contribution in [2.75, 3.05) is 19.6 Å². The van der Waals surface area contributed by atoms with Crippen LogP contribution in [-0.4, -0.2) is 30.3 Å². The predicted molar refractivity (Wildman–Crippen MR) is 44.1 cm³/mol. The monoisotopic (exact) mass is 165 g/mol. The van der Waals surface area contributed by atoms with Gasteiger partial charge in [0.2, 0.25) is 0 Å². The lowest BCUT2D eigenvalue weighted by molar-refractivity contribution is 0.0951. The first kappa shape index (κ1) is 7.55. The number of ketones is 1. The Labute approximate surface area is 71.0 Å². The van der Waals surface area contributed by atoms with Gasteiger partial charge in [-0.15, -0.1) is 0 Å². The highest BCUT2D eigenvalue weighted by Crippen LogP contribution is 2.08. The summed E-state index contributed by atoms with van der Waals surface area (Å²) in [6.07, 6.45) is 2.11. The Balaban J connectivity index is 1.83. The third-order valence-corrected chi connectivity index (χ3v) is 1.99. The van der Waals surface area contributed by atoms with E-state index >= 15 is 0 Å². The Morgan fingerprint density at radius 2 is 2.42 bits per heavy atom. The summed E-state index contributed by atoms with van der Waals surface area (Å²) in [5.74, 6) is 0.587. The van der Waals surface area contributed by atoms with Gasteiger partial charge < -0.3 is 9.32 Å². The van der Waals surface area contributed by atoms with E-state index in [0.717, 1.165) is 19.6 Å². The standard InChI is InChI=1S/C9H11NO2/c11-8(3-4-10-5-6-10)9-2-1-7-12-9/h1-2,7H,3-6H2. The lowest BCUT2D eigenvalue weighted by Gasteiger charge is -1.96. The first-order valence-corrected chi connectivity index (χ1v) is 4.15. The van der Waals surface area contributed by atoms with Crippen LogP contribution >= 0.6 is 0 Å². The van der Waals surface area contributed by atoms with E-state index in [1.54, 1.807) is 12.1 Å². The smallest absolute Gasteiger partial charge is 0.199 e. The van der Waals surface area contributed by atoms with E-state index in [9.17, 15) is 4.79 Å². The molecule has 0 saturated carbocycles. The highest BCUT2D eigenvalue weighted by Gasteiger charge is 2.18. The molecule has 0 radical (unpaired) electrons. The molecule has 1 aromatic heterocycles. The van der Waals surface area contributed by atoms with Crippen LogP contribution in [0.4, 0.5) is 0 Å². The van der Waals surface area contributed by atoms with Crippen molar-refractivity contribution in [3.8, 4) is 0 Å². The largest absolute Gasteiger partial charge is 0.461 e. The molecule has 3 heteroatoms. The van der Waals surface area contributed by atoms with Gasteiger partial charge in [-0.05, 0) is 12.1 Å². The molecule has 0 aromatic carbocycles. The molecule has 0 unspecified atom stereocenters. The number of hydrogen-bond acceptors (Lipinski definition) is 3. The van der Waals surface area contributed by atoms with E-state index in [4.69, 9.17) is 4.42 Å². The lowest BCUT2D eigenvalue weighted by Crippen LogP contribution is -2.06. The molecular weight excluding hydrogens is 154 g/mol. The average Bonchev–Trinajstić information content (AvgIpc) is 2.74. The average molecular weight is 165 g/mol. The van der Waals surface area contributed by atoms with Crippen LogP contribution in [0.5, 0.6) is 0 Å². The van der Waals surface area contributed by atoms with E-state index in [2.05, 4.69) is 4.90 Å². The van der Waals surface area contributed by atoms with Gasteiger partial charge in [-0.2, -0.15) is 0 Å². The van der Waals surface area contributed by atoms with Gasteiger partial charge in [-0.3, -0.25) is 4.79 Å². The number of carbonyl (C=O) groups excluding carboxylic acids is 1. The minimum atomic E-state index is 0.104. The number of nitrogens with zero attached hydrogens (tertiary/aromatic N) is 1. The van der Waals surface area contributed by atoms with Crippen LogP contribution in [0, 0.1) is 0 Å². The molecule has 0 N–H and O–H groups in total. The Morgan fingerprint density at radius 1 is 1.58 bits per heavy atom. The molecule has 3 nitrogen and oxygen atoms in total. The van der Waals surface area contributed by atoms with Gasteiger partial charge in [0.1, 0.15) is 0 Å². The molecule has 1 saturated heterocycles. The topological polar surface area (TPSA) is 33.2 Å². The fourth-order valence-corrected chi connectivity index (χ4v) is 1.11. The SMILES string of the molecule is O=C(CCN1CC1)c1ccco1. The zero-order chi connectivity index (χ0) is 8.39. The Bertz CT molecular complexity index is 262. The van der Waals surface area contributed by atoms with E-state index in [-0.39, 0.29) is 5.78 Å². The van der Waals surface area contributed by atoms with Crippen LogP contribution in [0.1, 0.15) is 17.0 Å². The van der Waals surface area contributed by atoms with Crippen molar-refractivity contribution in [3.05, 3.63) is 24.2 Å². The Morgan fingerprint density at radius 3 is 3.00 bits per heavy atom. The summed E-state index contributed by atoms with van der Waals surface area (Å²) >= 11 is 0. The molecule has 12 heavy (non-hydrogen) atoms. The maximum absolute atomic E-state index is 11.3. The summed E-state index contributed by atoms with van der Waals surface area (Å²) in [6, 6.07) is 3.45. The van der Waals surface area contributed by atoms with Crippen molar-refractivity contribution >= 4 is 5.78 Å². The zero-order valence-corrected chi connectivity index (χ0v) is 6.82. The van der Waals surface area contributed by atoms with E-state index < -0.39 is 0 Å². The van der Waals surface area contributed by atoms with Crippen molar-refractivity contribution < 1.29 is 9.21 Å². The van der Waals surface area contributed by atoms with Crippen LogP contribution in [-0.2, 0) is 0 Å².